The van der Waals surface area contributed by atoms with Crippen LogP contribution in [0.5, 0.6) is 5.75 Å². The molecular formula is C25H26N4O3. The van der Waals surface area contributed by atoms with Gasteiger partial charge in [-0.1, -0.05) is 24.6 Å². The number of hydrogen-bond acceptors (Lipinski definition) is 4. The van der Waals surface area contributed by atoms with Crippen molar-refractivity contribution in [1.82, 2.24) is 15.1 Å². The summed E-state index contributed by atoms with van der Waals surface area (Å²) in [4.78, 5) is 25.5. The second-order valence-corrected chi connectivity index (χ2v) is 8.72. The number of hydrogen-bond donors (Lipinski definition) is 3. The Balaban J connectivity index is 1.45. The van der Waals surface area contributed by atoms with Gasteiger partial charge in [0.05, 0.1) is 11.4 Å². The average molecular weight is 431 g/mol. The number of phenols is 1. The van der Waals surface area contributed by atoms with Crippen LogP contribution in [-0.4, -0.2) is 32.9 Å². The highest BCUT2D eigenvalue weighted by Gasteiger charge is 2.30. The largest absolute Gasteiger partial charge is 0.507 e. The molecule has 3 aromatic rings. The van der Waals surface area contributed by atoms with Crippen molar-refractivity contribution in [2.75, 3.05) is 5.32 Å². The van der Waals surface area contributed by atoms with E-state index in [0.717, 1.165) is 43.4 Å². The Morgan fingerprint density at radius 1 is 1.06 bits per heavy atom. The van der Waals surface area contributed by atoms with Crippen molar-refractivity contribution in [2.45, 2.75) is 51.0 Å². The van der Waals surface area contributed by atoms with Crippen LogP contribution in [0.1, 0.15) is 59.6 Å². The molecule has 5 rings (SSSR count). The van der Waals surface area contributed by atoms with Crippen LogP contribution in [-0.2, 0) is 0 Å². The number of rotatable bonds is 5. The van der Waals surface area contributed by atoms with Crippen molar-refractivity contribution in [3.63, 3.8) is 0 Å². The Bertz CT molecular complexity index is 1190. The maximum Gasteiger partial charge on any atom is 0.342 e. The summed E-state index contributed by atoms with van der Waals surface area (Å²) in [6, 6.07) is 14.2. The number of nitrogens with one attached hydrogen (secondary N) is 2. The number of anilines is 1. The molecule has 7 nitrogen and oxygen atoms in total. The van der Waals surface area contributed by atoms with Crippen molar-refractivity contribution in [3.8, 4) is 17.0 Å². The number of benzene rings is 2. The van der Waals surface area contributed by atoms with Crippen LogP contribution in [0.4, 0.5) is 10.5 Å². The zero-order valence-corrected chi connectivity index (χ0v) is 18.0. The first kappa shape index (κ1) is 20.3. The summed E-state index contributed by atoms with van der Waals surface area (Å²) >= 11 is 0. The smallest absolute Gasteiger partial charge is 0.342 e. The molecule has 2 fully saturated rings. The molecule has 0 unspecified atom stereocenters. The summed E-state index contributed by atoms with van der Waals surface area (Å²) in [6.45, 7) is 1.89. The molecule has 0 spiro atoms. The molecule has 0 atom stereocenters. The van der Waals surface area contributed by atoms with Gasteiger partial charge in [0, 0.05) is 28.8 Å². The predicted octanol–water partition coefficient (Wildman–Crippen LogP) is 4.80. The quantitative estimate of drug-likeness (QED) is 0.507. The third-order valence-corrected chi connectivity index (χ3v) is 6.28. The van der Waals surface area contributed by atoms with Gasteiger partial charge in [-0.3, -0.25) is 4.79 Å². The van der Waals surface area contributed by atoms with Crippen molar-refractivity contribution in [1.29, 1.82) is 0 Å². The molecule has 1 heterocycles. The normalized spacial score (nSPS) is 15.8. The molecule has 2 saturated carbocycles. The molecule has 0 aliphatic heterocycles. The van der Waals surface area contributed by atoms with Crippen LogP contribution in [0.3, 0.4) is 0 Å². The first-order chi connectivity index (χ1) is 15.5. The van der Waals surface area contributed by atoms with Crippen molar-refractivity contribution in [2.24, 2.45) is 0 Å². The number of phenolic OH excluding ortho intramolecular Hbond substituents is 1. The summed E-state index contributed by atoms with van der Waals surface area (Å²) in [6.07, 6.45) is 5.20. The van der Waals surface area contributed by atoms with Gasteiger partial charge in [-0.05, 0) is 68.5 Å². The van der Waals surface area contributed by atoms with Crippen LogP contribution in [0.15, 0.2) is 48.5 Å². The van der Waals surface area contributed by atoms with Crippen LogP contribution < -0.4 is 10.6 Å². The molecule has 2 aromatic carbocycles. The van der Waals surface area contributed by atoms with E-state index in [9.17, 15) is 14.7 Å². The third kappa shape index (κ3) is 3.98. The molecule has 164 valence electrons. The van der Waals surface area contributed by atoms with Crippen LogP contribution in [0.2, 0.25) is 0 Å². The number of carbonyl (C=O) groups excluding carboxylic acids is 2. The summed E-state index contributed by atoms with van der Waals surface area (Å²) in [5, 5.41) is 21.0. The van der Waals surface area contributed by atoms with Gasteiger partial charge in [0.1, 0.15) is 5.75 Å². The Hall–Kier alpha value is -3.61. The Morgan fingerprint density at radius 2 is 1.84 bits per heavy atom. The van der Waals surface area contributed by atoms with Gasteiger partial charge < -0.3 is 15.7 Å². The maximum absolute atomic E-state index is 12.8. The lowest BCUT2D eigenvalue weighted by Crippen LogP contribution is -2.33. The average Bonchev–Trinajstić information content (AvgIpc) is 3.44. The summed E-state index contributed by atoms with van der Waals surface area (Å²) in [7, 11) is 0. The fourth-order valence-electron chi connectivity index (χ4n) is 3.99. The Morgan fingerprint density at radius 3 is 2.53 bits per heavy atom. The number of aromatic hydroxyl groups is 1. The second kappa shape index (κ2) is 8.15. The highest BCUT2D eigenvalue weighted by atomic mass is 16.3. The lowest BCUT2D eigenvalue weighted by molar-refractivity contribution is 0.102. The third-order valence-electron chi connectivity index (χ3n) is 6.28. The molecule has 7 heteroatoms. The zero-order valence-electron chi connectivity index (χ0n) is 18.0. The highest BCUT2D eigenvalue weighted by Crippen LogP contribution is 2.39. The first-order valence-electron chi connectivity index (χ1n) is 11.1. The van der Waals surface area contributed by atoms with E-state index in [0.29, 0.717) is 28.4 Å². The fourth-order valence-corrected chi connectivity index (χ4v) is 3.99. The zero-order chi connectivity index (χ0) is 22.2. The number of aryl methyl sites for hydroxylation is 1. The molecule has 2 aliphatic carbocycles. The lowest BCUT2D eigenvalue weighted by Gasteiger charge is -2.25. The minimum Gasteiger partial charge on any atom is -0.507 e. The monoisotopic (exact) mass is 430 g/mol. The molecule has 0 bridgehead atoms. The van der Waals surface area contributed by atoms with Gasteiger partial charge >= 0.3 is 6.03 Å². The predicted molar refractivity (Wildman–Crippen MR) is 122 cm³/mol. The SMILES string of the molecule is Cc1ccccc1C(=O)Nc1ccc(O)c(-c2cc(C3CCC3)n(C(=O)NC3CC3)n2)c1. The minimum absolute atomic E-state index is 0.0475. The molecule has 32 heavy (non-hydrogen) atoms. The fraction of sp³-hybridized carbons (Fsp3) is 0.320. The van der Waals surface area contributed by atoms with Crippen molar-refractivity contribution in [3.05, 3.63) is 65.4 Å². The van der Waals surface area contributed by atoms with Gasteiger partial charge in [-0.2, -0.15) is 9.78 Å². The van der Waals surface area contributed by atoms with Gasteiger partial charge in [-0.15, -0.1) is 0 Å². The molecule has 1 aromatic heterocycles. The number of amides is 2. The number of carbonyl (C=O) groups is 2. The van der Waals surface area contributed by atoms with Gasteiger partial charge in [0.15, 0.2) is 0 Å². The molecule has 0 saturated heterocycles. The molecule has 3 N–H and O–H groups in total. The topological polar surface area (TPSA) is 96.2 Å². The number of aromatic nitrogens is 2. The minimum atomic E-state index is -0.218. The molecule has 2 amide bonds. The van der Waals surface area contributed by atoms with Crippen LogP contribution in [0, 0.1) is 6.92 Å². The van der Waals surface area contributed by atoms with E-state index in [1.54, 1.807) is 18.2 Å². The summed E-state index contributed by atoms with van der Waals surface area (Å²) in [5.74, 6) is 0.128. The first-order valence-corrected chi connectivity index (χ1v) is 11.1. The van der Waals surface area contributed by atoms with E-state index >= 15 is 0 Å². The van der Waals surface area contributed by atoms with E-state index < -0.39 is 0 Å². The summed E-state index contributed by atoms with van der Waals surface area (Å²) in [5.41, 5.74) is 3.89. The number of nitrogens with zero attached hydrogens (tertiary/aromatic N) is 2. The van der Waals surface area contributed by atoms with Crippen LogP contribution in [0.25, 0.3) is 11.3 Å². The maximum atomic E-state index is 12.8. The summed E-state index contributed by atoms with van der Waals surface area (Å²) < 4.78 is 1.45. The highest BCUT2D eigenvalue weighted by molar-refractivity contribution is 6.05. The van der Waals surface area contributed by atoms with Gasteiger partial charge in [-0.25, -0.2) is 4.79 Å². The van der Waals surface area contributed by atoms with E-state index in [4.69, 9.17) is 0 Å². The molecule has 2 aliphatic rings. The van der Waals surface area contributed by atoms with E-state index in [2.05, 4.69) is 15.7 Å². The lowest BCUT2D eigenvalue weighted by atomic mass is 9.82. The van der Waals surface area contributed by atoms with Crippen molar-refractivity contribution >= 4 is 17.6 Å². The van der Waals surface area contributed by atoms with Crippen LogP contribution >= 0.6 is 0 Å². The Labute approximate surface area is 186 Å². The van der Waals surface area contributed by atoms with Crippen molar-refractivity contribution < 1.29 is 14.7 Å². The Kier molecular flexibility index (Phi) is 5.17. The van der Waals surface area contributed by atoms with E-state index in [-0.39, 0.29) is 23.7 Å². The van der Waals surface area contributed by atoms with Gasteiger partial charge in [0.25, 0.3) is 5.91 Å². The van der Waals surface area contributed by atoms with E-state index in [1.165, 1.54) is 10.7 Å². The second-order valence-electron chi connectivity index (χ2n) is 8.72. The standard InChI is InChI=1S/C25H26N4O3/c1-15-5-2-3-8-19(15)24(31)26-18-11-12-23(30)20(13-18)21-14-22(16-6-4-7-16)29(28-21)25(32)27-17-9-10-17/h2-3,5,8,11-14,16-17,30H,4,6-7,9-10H2,1H3,(H,26,31)(H,27,32). The molecule has 0 radical (unpaired) electrons. The van der Waals surface area contributed by atoms with Gasteiger partial charge in [0.2, 0.25) is 0 Å². The van der Waals surface area contributed by atoms with E-state index in [1.807, 2.05) is 31.2 Å². The molecular weight excluding hydrogens is 404 g/mol.